The molecule has 2 aromatic heterocycles. The fourth-order valence-electron chi connectivity index (χ4n) is 2.29. The van der Waals surface area contributed by atoms with E-state index in [9.17, 15) is 0 Å². The average molecular weight is 249 g/mol. The number of rotatable bonds is 2. The second kappa shape index (κ2) is 4.51. The molecule has 1 aliphatic rings. The van der Waals surface area contributed by atoms with Gasteiger partial charge in [0, 0.05) is 0 Å². The van der Waals surface area contributed by atoms with Gasteiger partial charge >= 0.3 is 0 Å². The molecule has 0 spiro atoms. The number of fused-ring (bicyclic) bond motifs is 1. The maximum absolute atomic E-state index is 9.03. The number of aliphatic hydroxyl groups excluding tert-OH is 1. The third-order valence-corrected chi connectivity index (χ3v) is 3.33. The monoisotopic (exact) mass is 249 g/mol. The lowest BCUT2D eigenvalue weighted by atomic mass is 10.1. The van der Waals surface area contributed by atoms with Crippen LogP contribution in [0.4, 0.5) is 5.82 Å². The van der Waals surface area contributed by atoms with Gasteiger partial charge in [0.2, 0.25) is 0 Å². The van der Waals surface area contributed by atoms with Crippen LogP contribution in [0.3, 0.4) is 0 Å². The van der Waals surface area contributed by atoms with Gasteiger partial charge in [0.05, 0.1) is 31.7 Å². The molecule has 1 fully saturated rings. The van der Waals surface area contributed by atoms with Gasteiger partial charge in [-0.2, -0.15) is 0 Å². The van der Waals surface area contributed by atoms with E-state index in [-0.39, 0.29) is 18.8 Å². The van der Waals surface area contributed by atoms with Gasteiger partial charge in [0.15, 0.2) is 11.5 Å². The SMILES string of the molecule is Nc1ncnc2c1ncn2C1CCC(CO)OC1. The van der Waals surface area contributed by atoms with E-state index in [4.69, 9.17) is 15.6 Å². The summed E-state index contributed by atoms with van der Waals surface area (Å²) in [5, 5.41) is 9.03. The van der Waals surface area contributed by atoms with Crippen LogP contribution in [0.15, 0.2) is 12.7 Å². The number of nitrogens with two attached hydrogens (primary N) is 1. The normalized spacial score (nSPS) is 24.5. The van der Waals surface area contributed by atoms with E-state index in [2.05, 4.69) is 15.0 Å². The Balaban J connectivity index is 1.89. The van der Waals surface area contributed by atoms with Gasteiger partial charge in [0.1, 0.15) is 11.8 Å². The minimum atomic E-state index is -0.0456. The summed E-state index contributed by atoms with van der Waals surface area (Å²) in [5.74, 6) is 0.392. The molecule has 0 amide bonds. The van der Waals surface area contributed by atoms with Gasteiger partial charge in [-0.15, -0.1) is 0 Å². The van der Waals surface area contributed by atoms with Crippen molar-refractivity contribution >= 4 is 17.0 Å². The Morgan fingerprint density at radius 1 is 1.39 bits per heavy atom. The van der Waals surface area contributed by atoms with Gasteiger partial charge < -0.3 is 20.1 Å². The number of hydrogen-bond donors (Lipinski definition) is 2. The molecule has 1 aliphatic heterocycles. The fourth-order valence-corrected chi connectivity index (χ4v) is 2.29. The van der Waals surface area contributed by atoms with Crippen molar-refractivity contribution in [1.29, 1.82) is 0 Å². The summed E-state index contributed by atoms with van der Waals surface area (Å²) in [6, 6.07) is 0.187. The van der Waals surface area contributed by atoms with Crippen molar-refractivity contribution in [3.8, 4) is 0 Å². The lowest BCUT2D eigenvalue weighted by molar-refractivity contribution is -0.0383. The molecule has 96 valence electrons. The molecule has 7 nitrogen and oxygen atoms in total. The number of ether oxygens (including phenoxy) is 1. The van der Waals surface area contributed by atoms with E-state index >= 15 is 0 Å². The summed E-state index contributed by atoms with van der Waals surface area (Å²) in [4.78, 5) is 12.4. The van der Waals surface area contributed by atoms with E-state index in [0.29, 0.717) is 17.9 Å². The topological polar surface area (TPSA) is 99.1 Å². The van der Waals surface area contributed by atoms with Gasteiger partial charge in [0.25, 0.3) is 0 Å². The second-order valence-electron chi connectivity index (χ2n) is 4.45. The van der Waals surface area contributed by atoms with E-state index < -0.39 is 0 Å². The summed E-state index contributed by atoms with van der Waals surface area (Å²) in [6.07, 6.45) is 4.89. The van der Waals surface area contributed by atoms with Gasteiger partial charge in [-0.3, -0.25) is 0 Å². The number of imidazole rings is 1. The molecule has 3 heterocycles. The highest BCUT2D eigenvalue weighted by Crippen LogP contribution is 2.26. The quantitative estimate of drug-likeness (QED) is 0.784. The van der Waals surface area contributed by atoms with Crippen LogP contribution in [0.2, 0.25) is 0 Å². The summed E-state index contributed by atoms with van der Waals surface area (Å²) >= 11 is 0. The van der Waals surface area contributed by atoms with Crippen molar-refractivity contribution in [2.75, 3.05) is 18.9 Å². The van der Waals surface area contributed by atoms with E-state index in [1.54, 1.807) is 6.33 Å². The van der Waals surface area contributed by atoms with Crippen molar-refractivity contribution in [3.63, 3.8) is 0 Å². The zero-order valence-electron chi connectivity index (χ0n) is 9.86. The number of hydrogen-bond acceptors (Lipinski definition) is 6. The molecule has 0 radical (unpaired) electrons. The first-order valence-corrected chi connectivity index (χ1v) is 5.95. The van der Waals surface area contributed by atoms with E-state index in [1.165, 1.54) is 6.33 Å². The first-order chi connectivity index (χ1) is 8.79. The summed E-state index contributed by atoms with van der Waals surface area (Å²) in [5.41, 5.74) is 7.11. The third-order valence-electron chi connectivity index (χ3n) is 3.33. The largest absolute Gasteiger partial charge is 0.394 e. The molecular formula is C11H15N5O2. The summed E-state index contributed by atoms with van der Waals surface area (Å²) < 4.78 is 7.54. The Morgan fingerprint density at radius 2 is 2.28 bits per heavy atom. The van der Waals surface area contributed by atoms with Crippen LogP contribution >= 0.6 is 0 Å². The number of nitrogens with zero attached hydrogens (tertiary/aromatic N) is 4. The average Bonchev–Trinajstić information content (AvgIpc) is 2.84. The van der Waals surface area contributed by atoms with Crippen LogP contribution in [-0.2, 0) is 4.74 Å². The predicted octanol–water partition coefficient (Wildman–Crippen LogP) is 0.121. The minimum absolute atomic E-state index is 0.0456. The number of anilines is 1. The van der Waals surface area contributed by atoms with Crippen LogP contribution in [0.5, 0.6) is 0 Å². The summed E-state index contributed by atoms with van der Waals surface area (Å²) in [7, 11) is 0. The standard InChI is InChI=1S/C11H15N5O2/c12-10-9-11(14-5-13-10)16(6-15-9)7-1-2-8(3-17)18-4-7/h5-8,17H,1-4H2,(H2,12,13,14). The Bertz CT molecular complexity index is 547. The molecule has 2 unspecified atom stereocenters. The molecular weight excluding hydrogens is 234 g/mol. The molecule has 18 heavy (non-hydrogen) atoms. The Hall–Kier alpha value is -1.73. The molecule has 2 atom stereocenters. The van der Waals surface area contributed by atoms with Crippen LogP contribution in [0.25, 0.3) is 11.2 Å². The van der Waals surface area contributed by atoms with Crippen molar-refractivity contribution in [2.45, 2.75) is 25.0 Å². The highest BCUT2D eigenvalue weighted by atomic mass is 16.5. The third kappa shape index (κ3) is 1.81. The second-order valence-corrected chi connectivity index (χ2v) is 4.45. The molecule has 2 aromatic rings. The van der Waals surface area contributed by atoms with Gasteiger partial charge in [-0.1, -0.05) is 0 Å². The highest BCUT2D eigenvalue weighted by molar-refractivity contribution is 5.81. The highest BCUT2D eigenvalue weighted by Gasteiger charge is 2.24. The smallest absolute Gasteiger partial charge is 0.165 e. The Morgan fingerprint density at radius 3 is 3.00 bits per heavy atom. The Labute approximate surface area is 104 Å². The van der Waals surface area contributed by atoms with Crippen LogP contribution in [0.1, 0.15) is 18.9 Å². The first-order valence-electron chi connectivity index (χ1n) is 5.95. The lowest BCUT2D eigenvalue weighted by Crippen LogP contribution is -2.30. The van der Waals surface area contributed by atoms with Crippen molar-refractivity contribution in [3.05, 3.63) is 12.7 Å². The molecule has 3 N–H and O–H groups in total. The van der Waals surface area contributed by atoms with Crippen molar-refractivity contribution in [2.24, 2.45) is 0 Å². The van der Waals surface area contributed by atoms with Gasteiger partial charge in [-0.25, -0.2) is 15.0 Å². The van der Waals surface area contributed by atoms with Gasteiger partial charge in [-0.05, 0) is 12.8 Å². The number of aliphatic hydroxyl groups is 1. The zero-order chi connectivity index (χ0) is 12.5. The fraction of sp³-hybridized carbons (Fsp3) is 0.545. The van der Waals surface area contributed by atoms with Crippen LogP contribution in [-0.4, -0.2) is 43.9 Å². The zero-order valence-corrected chi connectivity index (χ0v) is 9.86. The predicted molar refractivity (Wildman–Crippen MR) is 64.8 cm³/mol. The van der Waals surface area contributed by atoms with Crippen LogP contribution < -0.4 is 5.73 Å². The molecule has 0 aliphatic carbocycles. The van der Waals surface area contributed by atoms with Crippen molar-refractivity contribution in [1.82, 2.24) is 19.5 Å². The maximum Gasteiger partial charge on any atom is 0.165 e. The lowest BCUT2D eigenvalue weighted by Gasteiger charge is -2.28. The van der Waals surface area contributed by atoms with E-state index in [1.807, 2.05) is 4.57 Å². The van der Waals surface area contributed by atoms with E-state index in [0.717, 1.165) is 18.5 Å². The molecule has 0 bridgehead atoms. The first kappa shape index (κ1) is 11.4. The molecule has 0 aromatic carbocycles. The molecule has 1 saturated heterocycles. The van der Waals surface area contributed by atoms with Crippen molar-refractivity contribution < 1.29 is 9.84 Å². The number of aromatic nitrogens is 4. The summed E-state index contributed by atoms with van der Waals surface area (Å²) in [6.45, 7) is 0.632. The maximum atomic E-state index is 9.03. The number of nitrogen functional groups attached to an aromatic ring is 1. The van der Waals surface area contributed by atoms with Crippen LogP contribution in [0, 0.1) is 0 Å². The molecule has 3 rings (SSSR count). The molecule has 7 heteroatoms. The minimum Gasteiger partial charge on any atom is -0.394 e. The molecule has 0 saturated carbocycles. The Kier molecular flexibility index (Phi) is 2.85.